The number of amides is 1. The van der Waals surface area contributed by atoms with Crippen LogP contribution in [0.3, 0.4) is 0 Å². The standard InChI is InChI=1S/C38H49N3O8/c1-22(2)16-31(41-37(43)34(42)30(40)18-23-10-8-7-9-11-23)38(44)49-21-24-12-14-26-28(20-33(46-4)36(48-6)35(26)47-5)27(17-24)25-13-15-32(45-3)29(39)19-25/h7-11,13,15,17,19-20,22,24,30-31,34,42H,12,14,16,18,21,39-40H2,1-6H3,(H,41,43)/t24-,30?,31?,34?/m1/s1. The number of hydrogen-bond acceptors (Lipinski definition) is 10. The highest BCUT2D eigenvalue weighted by molar-refractivity contribution is 5.88. The normalized spacial score (nSPS) is 15.9. The summed E-state index contributed by atoms with van der Waals surface area (Å²) in [6.45, 7) is 3.94. The summed E-state index contributed by atoms with van der Waals surface area (Å²) in [7, 11) is 6.28. The van der Waals surface area contributed by atoms with Crippen LogP contribution in [0.5, 0.6) is 23.0 Å². The van der Waals surface area contributed by atoms with Gasteiger partial charge in [0.1, 0.15) is 17.9 Å². The fraction of sp³-hybridized carbons (Fsp3) is 0.421. The van der Waals surface area contributed by atoms with Crippen molar-refractivity contribution in [2.75, 3.05) is 40.8 Å². The average Bonchev–Trinajstić information content (AvgIpc) is 3.28. The first-order chi connectivity index (χ1) is 23.5. The molecule has 0 spiro atoms. The molecule has 49 heavy (non-hydrogen) atoms. The third-order valence-electron chi connectivity index (χ3n) is 8.67. The number of hydrogen-bond donors (Lipinski definition) is 4. The van der Waals surface area contributed by atoms with Gasteiger partial charge in [-0.3, -0.25) is 4.79 Å². The molecule has 3 aromatic carbocycles. The molecule has 0 bridgehead atoms. The van der Waals surface area contributed by atoms with E-state index in [1.807, 2.05) is 68.4 Å². The van der Waals surface area contributed by atoms with Crippen molar-refractivity contribution in [2.24, 2.45) is 17.6 Å². The molecule has 0 radical (unpaired) electrons. The second-order valence-corrected chi connectivity index (χ2v) is 12.6. The number of anilines is 1. The molecule has 1 aliphatic carbocycles. The molecule has 11 heteroatoms. The molecule has 0 heterocycles. The molecule has 1 amide bonds. The van der Waals surface area contributed by atoms with Gasteiger partial charge in [0, 0.05) is 17.5 Å². The summed E-state index contributed by atoms with van der Waals surface area (Å²) < 4.78 is 28.5. The van der Waals surface area contributed by atoms with E-state index in [0.29, 0.717) is 54.4 Å². The number of fused-ring (bicyclic) bond motifs is 1. The minimum absolute atomic E-state index is 0.0546. The summed E-state index contributed by atoms with van der Waals surface area (Å²) in [6, 6.07) is 15.0. The van der Waals surface area contributed by atoms with Crippen LogP contribution >= 0.6 is 0 Å². The number of esters is 1. The van der Waals surface area contributed by atoms with Gasteiger partial charge in [-0.15, -0.1) is 0 Å². The van der Waals surface area contributed by atoms with Crippen LogP contribution in [-0.4, -0.2) is 70.2 Å². The van der Waals surface area contributed by atoms with E-state index in [2.05, 4.69) is 11.4 Å². The lowest BCUT2D eigenvalue weighted by Crippen LogP contribution is -2.52. The highest BCUT2D eigenvalue weighted by Crippen LogP contribution is 2.47. The summed E-state index contributed by atoms with van der Waals surface area (Å²) >= 11 is 0. The van der Waals surface area contributed by atoms with Crippen molar-refractivity contribution in [1.29, 1.82) is 0 Å². The Morgan fingerprint density at radius 2 is 1.63 bits per heavy atom. The van der Waals surface area contributed by atoms with E-state index in [4.69, 9.17) is 35.2 Å². The van der Waals surface area contributed by atoms with Gasteiger partial charge in [0.2, 0.25) is 5.75 Å². The van der Waals surface area contributed by atoms with Crippen LogP contribution in [0.4, 0.5) is 5.69 Å². The molecule has 0 saturated carbocycles. The summed E-state index contributed by atoms with van der Waals surface area (Å²) in [5, 5.41) is 13.4. The number of aliphatic hydroxyl groups excluding tert-OH is 1. The Morgan fingerprint density at radius 1 is 0.939 bits per heavy atom. The van der Waals surface area contributed by atoms with Crippen molar-refractivity contribution in [1.82, 2.24) is 5.32 Å². The van der Waals surface area contributed by atoms with Crippen LogP contribution in [0.1, 0.15) is 48.9 Å². The Morgan fingerprint density at radius 3 is 2.24 bits per heavy atom. The fourth-order valence-electron chi connectivity index (χ4n) is 6.15. The number of carbonyl (C=O) groups is 2. The maximum absolute atomic E-state index is 13.5. The Labute approximate surface area is 288 Å². The second-order valence-electron chi connectivity index (χ2n) is 12.6. The average molecular weight is 676 g/mol. The zero-order valence-electron chi connectivity index (χ0n) is 29.2. The predicted molar refractivity (Wildman–Crippen MR) is 189 cm³/mol. The SMILES string of the molecule is COc1ccc(C2=C[C@H](COC(=O)C(CC(C)C)NC(=O)C(O)C(N)Cc3ccccc3)CCc3c2cc(OC)c(OC)c3OC)cc1N. The molecule has 6 N–H and O–H groups in total. The van der Waals surface area contributed by atoms with Crippen LogP contribution in [-0.2, 0) is 27.2 Å². The molecular weight excluding hydrogens is 626 g/mol. The van der Waals surface area contributed by atoms with E-state index in [-0.39, 0.29) is 18.4 Å². The molecule has 3 aromatic rings. The number of rotatable bonds is 15. The van der Waals surface area contributed by atoms with Gasteiger partial charge in [-0.2, -0.15) is 0 Å². The highest BCUT2D eigenvalue weighted by atomic mass is 16.5. The van der Waals surface area contributed by atoms with Crippen molar-refractivity contribution in [3.63, 3.8) is 0 Å². The monoisotopic (exact) mass is 675 g/mol. The second kappa shape index (κ2) is 17.1. The van der Waals surface area contributed by atoms with E-state index in [1.54, 1.807) is 28.4 Å². The Kier molecular flexibility index (Phi) is 12.9. The molecule has 0 saturated heterocycles. The lowest BCUT2D eigenvalue weighted by molar-refractivity contribution is -0.150. The minimum atomic E-state index is -1.51. The Balaban J connectivity index is 1.58. The minimum Gasteiger partial charge on any atom is -0.495 e. The van der Waals surface area contributed by atoms with Gasteiger partial charge in [0.05, 0.1) is 40.7 Å². The summed E-state index contributed by atoms with van der Waals surface area (Å²) in [4.78, 5) is 26.6. The smallest absolute Gasteiger partial charge is 0.328 e. The van der Waals surface area contributed by atoms with Crippen LogP contribution in [0, 0.1) is 11.8 Å². The van der Waals surface area contributed by atoms with Gasteiger partial charge >= 0.3 is 5.97 Å². The Bertz CT molecular complexity index is 1620. The number of carbonyl (C=O) groups excluding carboxylic acids is 2. The van der Waals surface area contributed by atoms with E-state index in [9.17, 15) is 14.7 Å². The number of methoxy groups -OCH3 is 4. The van der Waals surface area contributed by atoms with Gasteiger partial charge < -0.3 is 45.6 Å². The third-order valence-corrected chi connectivity index (χ3v) is 8.67. The van der Waals surface area contributed by atoms with E-state index >= 15 is 0 Å². The maximum atomic E-state index is 13.5. The molecule has 4 atom stereocenters. The zero-order valence-corrected chi connectivity index (χ0v) is 29.2. The molecule has 1 aliphatic rings. The van der Waals surface area contributed by atoms with Crippen molar-refractivity contribution < 1.29 is 38.4 Å². The largest absolute Gasteiger partial charge is 0.495 e. The van der Waals surface area contributed by atoms with Crippen LogP contribution < -0.4 is 35.7 Å². The number of aliphatic hydroxyl groups is 1. The fourth-order valence-corrected chi connectivity index (χ4v) is 6.15. The van der Waals surface area contributed by atoms with E-state index in [0.717, 1.165) is 27.8 Å². The first kappa shape index (κ1) is 37.1. The summed E-state index contributed by atoms with van der Waals surface area (Å²) in [5.74, 6) is 0.654. The summed E-state index contributed by atoms with van der Waals surface area (Å²) in [6.07, 6.45) is 2.39. The highest BCUT2D eigenvalue weighted by Gasteiger charge is 2.31. The molecular formula is C38H49N3O8. The summed E-state index contributed by atoms with van der Waals surface area (Å²) in [5.41, 5.74) is 17.3. The van der Waals surface area contributed by atoms with Crippen LogP contribution in [0.15, 0.2) is 60.7 Å². The number of nitrogen functional groups attached to an aromatic ring is 1. The lowest BCUT2D eigenvalue weighted by Gasteiger charge is -2.24. The maximum Gasteiger partial charge on any atom is 0.328 e. The van der Waals surface area contributed by atoms with Gasteiger partial charge in [0.25, 0.3) is 5.91 Å². The molecule has 11 nitrogen and oxygen atoms in total. The van der Waals surface area contributed by atoms with Crippen molar-refractivity contribution in [3.05, 3.63) is 82.9 Å². The number of nitrogens with two attached hydrogens (primary N) is 2. The molecule has 0 aromatic heterocycles. The quantitative estimate of drug-likeness (QED) is 0.135. The van der Waals surface area contributed by atoms with Gasteiger partial charge in [0.15, 0.2) is 11.5 Å². The van der Waals surface area contributed by atoms with Gasteiger partial charge in [-0.25, -0.2) is 4.79 Å². The topological polar surface area (TPSA) is 165 Å². The van der Waals surface area contributed by atoms with Crippen molar-refractivity contribution >= 4 is 23.1 Å². The first-order valence-electron chi connectivity index (χ1n) is 16.4. The number of ether oxygens (including phenoxy) is 5. The van der Waals surface area contributed by atoms with E-state index < -0.39 is 30.1 Å². The van der Waals surface area contributed by atoms with Gasteiger partial charge in [-0.05, 0) is 72.1 Å². The van der Waals surface area contributed by atoms with Crippen molar-refractivity contribution in [3.8, 4) is 23.0 Å². The van der Waals surface area contributed by atoms with Gasteiger partial charge in [-0.1, -0.05) is 56.3 Å². The lowest BCUT2D eigenvalue weighted by atomic mass is 9.92. The molecule has 3 unspecified atom stereocenters. The molecule has 264 valence electrons. The predicted octanol–water partition coefficient (Wildman–Crippen LogP) is 4.30. The first-order valence-corrected chi connectivity index (χ1v) is 16.4. The van der Waals surface area contributed by atoms with E-state index in [1.165, 1.54) is 0 Å². The van der Waals surface area contributed by atoms with Crippen LogP contribution in [0.2, 0.25) is 0 Å². The van der Waals surface area contributed by atoms with Crippen LogP contribution in [0.25, 0.3) is 5.57 Å². The molecule has 0 fully saturated rings. The molecule has 0 aliphatic heterocycles. The Hall–Kier alpha value is -4.74. The number of benzene rings is 3. The third kappa shape index (κ3) is 9.04. The van der Waals surface area contributed by atoms with Crippen molar-refractivity contribution in [2.45, 2.75) is 57.7 Å². The number of nitrogens with one attached hydrogen (secondary N) is 1. The molecule has 4 rings (SSSR count). The zero-order chi connectivity index (χ0) is 35.7.